The van der Waals surface area contributed by atoms with Gasteiger partial charge in [0.15, 0.2) is 0 Å². The molecule has 1 atom stereocenters. The van der Waals surface area contributed by atoms with Gasteiger partial charge in [0.05, 0.1) is 44.9 Å². The van der Waals surface area contributed by atoms with Gasteiger partial charge in [-0.15, -0.1) is 0 Å². The number of benzene rings is 2. The van der Waals surface area contributed by atoms with Gasteiger partial charge in [-0.05, 0) is 36.8 Å². The molecule has 13 heteroatoms. The van der Waals surface area contributed by atoms with E-state index in [1.165, 1.54) is 13.2 Å². The van der Waals surface area contributed by atoms with Gasteiger partial charge in [-0.3, -0.25) is 9.79 Å². The predicted octanol–water partition coefficient (Wildman–Crippen LogP) is 6.13. The molecule has 2 saturated heterocycles. The Kier molecular flexibility index (Phi) is 14.2. The number of methoxy groups -OCH3 is 1. The maximum absolute atomic E-state index is 15.0. The number of ether oxygens (including phenoxy) is 3. The van der Waals surface area contributed by atoms with Crippen molar-refractivity contribution in [3.8, 4) is 0 Å². The van der Waals surface area contributed by atoms with Crippen LogP contribution in [0.2, 0.25) is 5.02 Å². The Bertz CT molecular complexity index is 1280. The number of nitrogens with zero attached hydrogens (tertiary/aromatic N) is 4. The molecule has 0 unspecified atom stereocenters. The Morgan fingerprint density at radius 1 is 1.02 bits per heavy atom. The van der Waals surface area contributed by atoms with Crippen LogP contribution in [0.4, 0.5) is 10.1 Å². The summed E-state index contributed by atoms with van der Waals surface area (Å²) in [6.07, 6.45) is 1.36. The second-order valence-corrected chi connectivity index (χ2v) is 12.2. The van der Waals surface area contributed by atoms with Crippen LogP contribution in [-0.2, 0) is 28.1 Å². The van der Waals surface area contributed by atoms with Crippen LogP contribution >= 0.6 is 19.3 Å². The number of hydrogen-bond donors (Lipinski definition) is 0. The molecule has 2 aromatic rings. The lowest BCUT2D eigenvalue weighted by Crippen LogP contribution is -2.44. The SMILES string of the molecule is CC.CCC[C@@H]1N=C(c2ccccc2F)c2cc(Cl)ccc2N=C1OP(=O)(N1CCOCC1)N1CCOCC1.COC=O. The van der Waals surface area contributed by atoms with Gasteiger partial charge in [-0.2, -0.15) is 0 Å². The summed E-state index contributed by atoms with van der Waals surface area (Å²) in [6.45, 7) is 10.2. The van der Waals surface area contributed by atoms with E-state index in [1.54, 1.807) is 36.4 Å². The molecule has 10 nitrogen and oxygen atoms in total. The van der Waals surface area contributed by atoms with Crippen LogP contribution in [0.15, 0.2) is 52.4 Å². The van der Waals surface area contributed by atoms with E-state index in [4.69, 9.17) is 40.4 Å². The molecule has 3 heterocycles. The number of rotatable bonds is 7. The van der Waals surface area contributed by atoms with E-state index in [-0.39, 0.29) is 11.7 Å². The first-order valence-electron chi connectivity index (χ1n) is 14.5. The summed E-state index contributed by atoms with van der Waals surface area (Å²) >= 11 is 6.36. The van der Waals surface area contributed by atoms with Crippen molar-refractivity contribution in [3.63, 3.8) is 0 Å². The van der Waals surface area contributed by atoms with Gasteiger partial charge in [-0.1, -0.05) is 50.9 Å². The molecule has 5 rings (SSSR count). The van der Waals surface area contributed by atoms with Crippen molar-refractivity contribution in [2.75, 3.05) is 59.7 Å². The second kappa shape index (κ2) is 17.6. The minimum absolute atomic E-state index is 0.262. The molecular weight excluding hydrogens is 598 g/mol. The van der Waals surface area contributed by atoms with Crippen molar-refractivity contribution < 1.29 is 32.5 Å². The fourth-order valence-electron chi connectivity index (χ4n) is 4.71. The van der Waals surface area contributed by atoms with Gasteiger partial charge >= 0.3 is 7.67 Å². The second-order valence-electron chi connectivity index (χ2n) is 9.42. The van der Waals surface area contributed by atoms with Crippen molar-refractivity contribution in [3.05, 3.63) is 64.4 Å². The normalized spacial score (nSPS) is 19.2. The van der Waals surface area contributed by atoms with Crippen LogP contribution in [0.3, 0.4) is 0 Å². The Morgan fingerprint density at radius 3 is 2.14 bits per heavy atom. The summed E-state index contributed by atoms with van der Waals surface area (Å²) in [5, 5.41) is 0.488. The van der Waals surface area contributed by atoms with E-state index < -0.39 is 13.7 Å². The lowest BCUT2D eigenvalue weighted by atomic mass is 10.00. The number of halogens is 2. The third kappa shape index (κ3) is 8.94. The molecule has 3 aliphatic heterocycles. The average Bonchev–Trinajstić information content (AvgIpc) is 3.19. The average molecular weight is 639 g/mol. The summed E-state index contributed by atoms with van der Waals surface area (Å²) in [6, 6.07) is 11.2. The van der Waals surface area contributed by atoms with E-state index in [1.807, 2.05) is 30.1 Å². The first kappa shape index (κ1) is 34.8. The Labute approximate surface area is 258 Å². The molecule has 2 fully saturated rings. The third-order valence-electron chi connectivity index (χ3n) is 6.70. The minimum Gasteiger partial charge on any atom is -0.471 e. The minimum atomic E-state index is -3.54. The van der Waals surface area contributed by atoms with Gasteiger partial charge in [0.2, 0.25) is 5.90 Å². The van der Waals surface area contributed by atoms with E-state index >= 15 is 4.39 Å². The highest BCUT2D eigenvalue weighted by molar-refractivity contribution is 7.54. The monoisotopic (exact) mass is 638 g/mol. The van der Waals surface area contributed by atoms with Crippen LogP contribution < -0.4 is 0 Å². The molecular formula is C30H41ClFN4O6P. The van der Waals surface area contributed by atoms with Gasteiger partial charge < -0.3 is 18.7 Å². The Balaban J connectivity index is 0.000000780. The maximum atomic E-state index is 15.0. The number of morpholine rings is 2. The molecule has 43 heavy (non-hydrogen) atoms. The zero-order valence-electron chi connectivity index (χ0n) is 25.2. The molecule has 2 aromatic carbocycles. The fraction of sp³-hybridized carbons (Fsp3) is 0.500. The fourth-order valence-corrected chi connectivity index (χ4v) is 7.21. The van der Waals surface area contributed by atoms with Crippen molar-refractivity contribution in [2.45, 2.75) is 39.7 Å². The zero-order valence-corrected chi connectivity index (χ0v) is 26.9. The van der Waals surface area contributed by atoms with E-state index in [2.05, 4.69) is 4.74 Å². The van der Waals surface area contributed by atoms with Crippen LogP contribution in [0.25, 0.3) is 0 Å². The molecule has 0 amide bonds. The molecule has 3 aliphatic rings. The zero-order chi connectivity index (χ0) is 31.2. The number of hydrogen-bond acceptors (Lipinski definition) is 8. The van der Waals surface area contributed by atoms with Gasteiger partial charge in [0.25, 0.3) is 6.47 Å². The number of carbonyl (C=O) groups is 1. The van der Waals surface area contributed by atoms with Crippen LogP contribution in [0, 0.1) is 5.82 Å². The first-order chi connectivity index (χ1) is 20.9. The van der Waals surface area contributed by atoms with Crippen LogP contribution in [0.1, 0.15) is 44.7 Å². The molecule has 0 radical (unpaired) electrons. The van der Waals surface area contributed by atoms with Crippen molar-refractivity contribution in [2.24, 2.45) is 9.98 Å². The predicted molar refractivity (Wildman–Crippen MR) is 167 cm³/mol. The van der Waals surface area contributed by atoms with Gasteiger partial charge in [0, 0.05) is 42.3 Å². The summed E-state index contributed by atoms with van der Waals surface area (Å²) < 4.78 is 54.9. The molecule has 0 aromatic heterocycles. The summed E-state index contributed by atoms with van der Waals surface area (Å²) in [7, 11) is -2.22. The number of carbonyl (C=O) groups excluding carboxylic acids is 1. The summed E-state index contributed by atoms with van der Waals surface area (Å²) in [5.41, 5.74) is 1.94. The van der Waals surface area contributed by atoms with Crippen molar-refractivity contribution in [1.82, 2.24) is 9.34 Å². The van der Waals surface area contributed by atoms with E-state index in [0.717, 1.165) is 6.42 Å². The maximum Gasteiger partial charge on any atom is 0.397 e. The molecule has 0 N–H and O–H groups in total. The standard InChI is InChI=1S/C26H31ClFN4O4P.C2H4O2.C2H6/c1-2-5-24-26(36-37(33,31-10-14-34-15-11-31)32-12-16-35-17-13-32)30-23-9-8-19(27)18-21(23)25(29-24)20-6-3-4-7-22(20)28;1-4-2-3;1-2/h3-4,6-9,18,24H,2,5,10-17H2,1H3;2H,1H3;1-2H3/t24-;;/m0../s1. The third-order valence-corrected chi connectivity index (χ3v) is 9.59. The highest BCUT2D eigenvalue weighted by Crippen LogP contribution is 2.55. The van der Waals surface area contributed by atoms with Gasteiger partial charge in [0.1, 0.15) is 11.9 Å². The lowest BCUT2D eigenvalue weighted by molar-refractivity contribution is -0.126. The molecule has 0 aliphatic carbocycles. The number of aliphatic imine (C=N–C) groups is 2. The highest BCUT2D eigenvalue weighted by atomic mass is 35.5. The summed E-state index contributed by atoms with van der Waals surface area (Å²) in [5.74, 6) is -0.128. The quantitative estimate of drug-likeness (QED) is 0.264. The lowest BCUT2D eigenvalue weighted by Gasteiger charge is -2.41. The summed E-state index contributed by atoms with van der Waals surface area (Å²) in [4.78, 5) is 18.8. The smallest absolute Gasteiger partial charge is 0.397 e. The molecule has 0 saturated carbocycles. The molecule has 0 spiro atoms. The number of fused-ring (bicyclic) bond motifs is 1. The largest absolute Gasteiger partial charge is 0.471 e. The molecule has 0 bridgehead atoms. The van der Waals surface area contributed by atoms with Crippen LogP contribution in [-0.4, -0.2) is 93.2 Å². The van der Waals surface area contributed by atoms with E-state index in [0.29, 0.717) is 93.0 Å². The topological polar surface area (TPSA) is 102 Å². The van der Waals surface area contributed by atoms with Crippen molar-refractivity contribution in [1.29, 1.82) is 0 Å². The van der Waals surface area contributed by atoms with Crippen LogP contribution in [0.5, 0.6) is 0 Å². The molecule has 236 valence electrons. The Hall–Kier alpha value is -2.66. The van der Waals surface area contributed by atoms with Gasteiger partial charge in [-0.25, -0.2) is 23.3 Å². The van der Waals surface area contributed by atoms with E-state index in [9.17, 15) is 4.57 Å². The van der Waals surface area contributed by atoms with Crippen molar-refractivity contribution >= 4 is 43.0 Å². The highest BCUT2D eigenvalue weighted by Gasteiger charge is 2.44. The first-order valence-corrected chi connectivity index (χ1v) is 16.5. The Morgan fingerprint density at radius 2 is 1.60 bits per heavy atom.